The van der Waals surface area contributed by atoms with Gasteiger partial charge in [0.2, 0.25) is 0 Å². The minimum Gasteiger partial charge on any atom is -0.349 e. The molecule has 0 aliphatic heterocycles. The summed E-state index contributed by atoms with van der Waals surface area (Å²) in [5.74, 6) is -0.0168. The van der Waals surface area contributed by atoms with Gasteiger partial charge in [0.05, 0.1) is 5.56 Å². The van der Waals surface area contributed by atoms with Crippen LogP contribution in [0, 0.1) is 0 Å². The van der Waals surface area contributed by atoms with E-state index in [9.17, 15) is 4.79 Å². The molecule has 1 N–H and O–H groups in total. The lowest BCUT2D eigenvalue weighted by Gasteiger charge is -2.16. The summed E-state index contributed by atoms with van der Waals surface area (Å²) in [7, 11) is 0. The van der Waals surface area contributed by atoms with Crippen LogP contribution >= 0.6 is 15.9 Å². The molecule has 1 fully saturated rings. The average Bonchev–Trinajstić information content (AvgIpc) is 2.58. The van der Waals surface area contributed by atoms with Gasteiger partial charge >= 0.3 is 0 Å². The van der Waals surface area contributed by atoms with Crippen molar-refractivity contribution in [3.8, 4) is 0 Å². The number of aromatic nitrogens is 1. The van der Waals surface area contributed by atoms with Crippen LogP contribution in [0.2, 0.25) is 0 Å². The second-order valence-electron chi connectivity index (χ2n) is 4.50. The Balaban J connectivity index is 1.98. The summed E-state index contributed by atoms with van der Waals surface area (Å²) < 4.78 is 0.617. The highest BCUT2D eigenvalue weighted by Crippen LogP contribution is 2.18. The Morgan fingerprint density at radius 3 is 2.65 bits per heavy atom. The van der Waals surface area contributed by atoms with Crippen LogP contribution in [0.15, 0.2) is 22.9 Å². The lowest BCUT2D eigenvalue weighted by Crippen LogP contribution is -2.34. The van der Waals surface area contributed by atoms with Gasteiger partial charge in [-0.25, -0.2) is 4.98 Å². The molecule has 0 aromatic carbocycles. The van der Waals surface area contributed by atoms with E-state index >= 15 is 0 Å². The summed E-state index contributed by atoms with van der Waals surface area (Å²) >= 11 is 3.31. The molecule has 4 heteroatoms. The van der Waals surface area contributed by atoms with Gasteiger partial charge < -0.3 is 5.32 Å². The molecule has 0 radical (unpaired) electrons. The van der Waals surface area contributed by atoms with Crippen molar-refractivity contribution in [2.45, 2.75) is 44.6 Å². The third-order valence-corrected chi connectivity index (χ3v) is 3.83. The molecule has 17 heavy (non-hydrogen) atoms. The third-order valence-electron chi connectivity index (χ3n) is 3.19. The molecule has 1 saturated carbocycles. The van der Waals surface area contributed by atoms with Crippen molar-refractivity contribution in [3.63, 3.8) is 0 Å². The number of nitrogens with one attached hydrogen (secondary N) is 1. The molecule has 1 aromatic heterocycles. The second-order valence-corrected chi connectivity index (χ2v) is 5.25. The highest BCUT2D eigenvalue weighted by atomic mass is 79.9. The average molecular weight is 297 g/mol. The van der Waals surface area contributed by atoms with Crippen molar-refractivity contribution in [3.05, 3.63) is 28.5 Å². The molecule has 1 amide bonds. The second kappa shape index (κ2) is 6.15. The maximum atomic E-state index is 12.1. The van der Waals surface area contributed by atoms with Gasteiger partial charge in [0, 0.05) is 12.2 Å². The zero-order chi connectivity index (χ0) is 12.1. The fraction of sp³-hybridized carbons (Fsp3) is 0.538. The number of nitrogens with zero attached hydrogens (tertiary/aromatic N) is 1. The number of hydrogen-bond donors (Lipinski definition) is 1. The van der Waals surface area contributed by atoms with Crippen LogP contribution in [-0.4, -0.2) is 16.9 Å². The van der Waals surface area contributed by atoms with Crippen molar-refractivity contribution in [2.24, 2.45) is 0 Å². The quantitative estimate of drug-likeness (QED) is 0.672. The predicted molar refractivity (Wildman–Crippen MR) is 70.9 cm³/mol. The van der Waals surface area contributed by atoms with Crippen molar-refractivity contribution in [2.75, 3.05) is 0 Å². The monoisotopic (exact) mass is 296 g/mol. The number of pyridine rings is 1. The first-order valence-corrected chi connectivity index (χ1v) is 6.98. The fourth-order valence-electron chi connectivity index (χ4n) is 2.24. The number of amides is 1. The summed E-state index contributed by atoms with van der Waals surface area (Å²) in [5, 5.41) is 3.11. The predicted octanol–water partition coefficient (Wildman–Crippen LogP) is 3.30. The minimum absolute atomic E-state index is 0.0168. The lowest BCUT2D eigenvalue weighted by atomic mass is 10.1. The molecule has 1 aliphatic rings. The SMILES string of the molecule is O=C(NC1CCCCCC1)c1cccnc1Br. The Labute approximate surface area is 110 Å². The molecule has 1 heterocycles. The van der Waals surface area contributed by atoms with E-state index in [1.807, 2.05) is 0 Å². The van der Waals surface area contributed by atoms with Gasteiger partial charge in [-0.1, -0.05) is 25.7 Å². The Bertz CT molecular complexity index is 387. The zero-order valence-corrected chi connectivity index (χ0v) is 11.4. The molecule has 0 atom stereocenters. The van der Waals surface area contributed by atoms with Gasteiger partial charge in [-0.05, 0) is 40.9 Å². The highest BCUT2D eigenvalue weighted by molar-refractivity contribution is 9.10. The third kappa shape index (κ3) is 3.53. The van der Waals surface area contributed by atoms with E-state index in [4.69, 9.17) is 0 Å². The molecule has 3 nitrogen and oxygen atoms in total. The van der Waals surface area contributed by atoms with Gasteiger partial charge in [-0.2, -0.15) is 0 Å². The fourth-order valence-corrected chi connectivity index (χ4v) is 2.67. The van der Waals surface area contributed by atoms with Gasteiger partial charge in [-0.15, -0.1) is 0 Å². The summed E-state index contributed by atoms with van der Waals surface area (Å²) in [6, 6.07) is 3.91. The van der Waals surface area contributed by atoms with Crippen LogP contribution < -0.4 is 5.32 Å². The largest absolute Gasteiger partial charge is 0.349 e. The van der Waals surface area contributed by atoms with E-state index in [0.717, 1.165) is 12.8 Å². The number of halogens is 1. The van der Waals surface area contributed by atoms with Crippen molar-refractivity contribution < 1.29 is 4.79 Å². The number of rotatable bonds is 2. The Kier molecular flexibility index (Phi) is 4.54. The van der Waals surface area contributed by atoms with Crippen molar-refractivity contribution >= 4 is 21.8 Å². The van der Waals surface area contributed by atoms with Crippen LogP contribution in [0.1, 0.15) is 48.9 Å². The van der Waals surface area contributed by atoms with Gasteiger partial charge in [0.25, 0.3) is 5.91 Å². The number of hydrogen-bond acceptors (Lipinski definition) is 2. The van der Waals surface area contributed by atoms with Crippen LogP contribution in [0.5, 0.6) is 0 Å². The maximum Gasteiger partial charge on any atom is 0.254 e. The summed E-state index contributed by atoms with van der Waals surface area (Å²) in [6.07, 6.45) is 8.91. The van der Waals surface area contributed by atoms with Crippen LogP contribution in [0.25, 0.3) is 0 Å². The molecule has 0 unspecified atom stereocenters. The highest BCUT2D eigenvalue weighted by Gasteiger charge is 2.17. The molecule has 1 aromatic rings. The Morgan fingerprint density at radius 2 is 2.00 bits per heavy atom. The summed E-state index contributed by atoms with van der Waals surface area (Å²) in [5.41, 5.74) is 0.622. The topological polar surface area (TPSA) is 42.0 Å². The molecule has 0 saturated heterocycles. The minimum atomic E-state index is -0.0168. The van der Waals surface area contributed by atoms with Crippen molar-refractivity contribution in [1.29, 1.82) is 0 Å². The van der Waals surface area contributed by atoms with E-state index < -0.39 is 0 Å². The smallest absolute Gasteiger partial charge is 0.254 e. The molecule has 2 rings (SSSR count). The normalized spacial score (nSPS) is 17.5. The number of carbonyl (C=O) groups is 1. The summed E-state index contributed by atoms with van der Waals surface area (Å²) in [6.45, 7) is 0. The standard InChI is InChI=1S/C13H17BrN2O/c14-12-11(8-5-9-15-12)13(17)16-10-6-3-1-2-4-7-10/h5,8-10H,1-4,6-7H2,(H,16,17). The van der Waals surface area contributed by atoms with Crippen LogP contribution in [0.3, 0.4) is 0 Å². The molecular formula is C13H17BrN2O. The molecule has 0 spiro atoms. The first-order chi connectivity index (χ1) is 8.27. The van der Waals surface area contributed by atoms with E-state index in [1.165, 1.54) is 25.7 Å². The Hall–Kier alpha value is -0.900. The lowest BCUT2D eigenvalue weighted by molar-refractivity contribution is 0.0932. The van der Waals surface area contributed by atoms with Crippen LogP contribution in [-0.2, 0) is 0 Å². The molecular weight excluding hydrogens is 280 g/mol. The maximum absolute atomic E-state index is 12.1. The van der Waals surface area contributed by atoms with E-state index in [1.54, 1.807) is 18.3 Å². The Morgan fingerprint density at radius 1 is 1.29 bits per heavy atom. The van der Waals surface area contributed by atoms with Gasteiger partial charge in [0.1, 0.15) is 4.60 Å². The zero-order valence-electron chi connectivity index (χ0n) is 9.79. The van der Waals surface area contributed by atoms with Crippen LogP contribution in [0.4, 0.5) is 0 Å². The number of carbonyl (C=O) groups excluding carboxylic acids is 1. The van der Waals surface area contributed by atoms with E-state index in [-0.39, 0.29) is 5.91 Å². The molecule has 1 aliphatic carbocycles. The van der Waals surface area contributed by atoms with E-state index in [0.29, 0.717) is 16.2 Å². The van der Waals surface area contributed by atoms with Gasteiger partial charge in [0.15, 0.2) is 0 Å². The molecule has 0 bridgehead atoms. The van der Waals surface area contributed by atoms with E-state index in [2.05, 4.69) is 26.2 Å². The summed E-state index contributed by atoms with van der Waals surface area (Å²) in [4.78, 5) is 16.1. The van der Waals surface area contributed by atoms with Gasteiger partial charge in [-0.3, -0.25) is 4.79 Å². The van der Waals surface area contributed by atoms with Crippen molar-refractivity contribution in [1.82, 2.24) is 10.3 Å². The first-order valence-electron chi connectivity index (χ1n) is 6.19. The molecule has 92 valence electrons. The first kappa shape index (κ1) is 12.6.